The van der Waals surface area contributed by atoms with E-state index in [2.05, 4.69) is 0 Å². The Labute approximate surface area is 135 Å². The number of aryl methyl sites for hydroxylation is 2. The van der Waals surface area contributed by atoms with Crippen molar-refractivity contribution >= 4 is 11.9 Å². The van der Waals surface area contributed by atoms with Crippen LogP contribution in [0, 0.1) is 13.8 Å². The van der Waals surface area contributed by atoms with Crippen molar-refractivity contribution in [2.24, 2.45) is 0 Å². The van der Waals surface area contributed by atoms with E-state index in [1.165, 1.54) is 0 Å². The fourth-order valence-corrected chi connectivity index (χ4v) is 2.85. The molecule has 1 unspecified atom stereocenters. The van der Waals surface area contributed by atoms with Crippen molar-refractivity contribution < 1.29 is 19.1 Å². The second-order valence-electron chi connectivity index (χ2n) is 6.17. The van der Waals surface area contributed by atoms with E-state index in [0.29, 0.717) is 17.7 Å². The van der Waals surface area contributed by atoms with Crippen molar-refractivity contribution in [3.05, 3.63) is 64.7 Å². The number of fused-ring (bicyclic) bond motifs is 1. The van der Waals surface area contributed by atoms with Crippen LogP contribution in [0.3, 0.4) is 0 Å². The zero-order chi connectivity index (χ0) is 16.6. The maximum atomic E-state index is 12.6. The number of carbonyl (C=O) groups is 2. The van der Waals surface area contributed by atoms with Gasteiger partial charge in [0.2, 0.25) is 5.60 Å². The Balaban J connectivity index is 1.86. The molecule has 3 rings (SSSR count). The third-order valence-corrected chi connectivity index (χ3v) is 3.92. The minimum absolute atomic E-state index is 0.304. The second-order valence-corrected chi connectivity index (χ2v) is 6.17. The summed E-state index contributed by atoms with van der Waals surface area (Å²) >= 11 is 0. The van der Waals surface area contributed by atoms with E-state index in [1.807, 2.05) is 32.0 Å². The molecular weight excluding hydrogens is 292 g/mol. The normalized spacial score (nSPS) is 19.7. The van der Waals surface area contributed by atoms with Gasteiger partial charge in [-0.25, -0.2) is 9.59 Å². The van der Waals surface area contributed by atoms with Gasteiger partial charge in [-0.2, -0.15) is 0 Å². The van der Waals surface area contributed by atoms with Crippen LogP contribution in [0.4, 0.5) is 0 Å². The molecule has 0 aliphatic carbocycles. The summed E-state index contributed by atoms with van der Waals surface area (Å²) in [6, 6.07) is 12.7. The first-order valence-corrected chi connectivity index (χ1v) is 7.49. The molecule has 1 aliphatic heterocycles. The van der Waals surface area contributed by atoms with E-state index in [1.54, 1.807) is 31.2 Å². The van der Waals surface area contributed by atoms with Crippen LogP contribution in [0.15, 0.2) is 42.5 Å². The molecule has 0 radical (unpaired) electrons. The van der Waals surface area contributed by atoms with Crippen LogP contribution in [-0.4, -0.2) is 17.5 Å². The summed E-state index contributed by atoms with van der Waals surface area (Å²) < 4.78 is 10.8. The van der Waals surface area contributed by atoms with Crippen molar-refractivity contribution in [1.29, 1.82) is 0 Å². The Morgan fingerprint density at radius 3 is 2.48 bits per heavy atom. The fourth-order valence-electron chi connectivity index (χ4n) is 2.85. The van der Waals surface area contributed by atoms with Gasteiger partial charge in [0, 0.05) is 6.42 Å². The Kier molecular flexibility index (Phi) is 3.68. The van der Waals surface area contributed by atoms with Gasteiger partial charge >= 0.3 is 11.9 Å². The molecule has 23 heavy (non-hydrogen) atoms. The van der Waals surface area contributed by atoms with Crippen LogP contribution in [0.5, 0.6) is 5.75 Å². The molecule has 2 aromatic rings. The number of hydrogen-bond donors (Lipinski definition) is 0. The van der Waals surface area contributed by atoms with Gasteiger partial charge in [-0.1, -0.05) is 24.3 Å². The Bertz CT molecular complexity index is 773. The first kappa shape index (κ1) is 15.3. The predicted molar refractivity (Wildman–Crippen MR) is 85.5 cm³/mol. The minimum atomic E-state index is -1.32. The molecule has 1 heterocycles. The lowest BCUT2D eigenvalue weighted by Crippen LogP contribution is -2.48. The molecule has 1 aliphatic rings. The minimum Gasteiger partial charge on any atom is -0.443 e. The van der Waals surface area contributed by atoms with Gasteiger partial charge < -0.3 is 9.47 Å². The smallest absolute Gasteiger partial charge is 0.356 e. The summed E-state index contributed by atoms with van der Waals surface area (Å²) in [5.74, 6) is -0.597. The van der Waals surface area contributed by atoms with E-state index in [-0.39, 0.29) is 0 Å². The van der Waals surface area contributed by atoms with Crippen LogP contribution in [0.25, 0.3) is 0 Å². The number of rotatable bonds is 2. The van der Waals surface area contributed by atoms with Gasteiger partial charge in [0.05, 0.1) is 5.56 Å². The van der Waals surface area contributed by atoms with Crippen LogP contribution >= 0.6 is 0 Å². The standard InChI is InChI=1S/C19H18O4/c1-12-8-13(2)10-15(9-12)22-18(21)19(3)11-14-6-4-5-7-16(14)17(20)23-19/h4-10H,11H2,1-3H3. The molecule has 0 saturated carbocycles. The first-order chi connectivity index (χ1) is 10.9. The predicted octanol–water partition coefficient (Wildman–Crippen LogP) is 3.38. The zero-order valence-electron chi connectivity index (χ0n) is 13.4. The molecule has 0 aromatic heterocycles. The molecule has 118 valence electrons. The highest BCUT2D eigenvalue weighted by Crippen LogP contribution is 2.30. The highest BCUT2D eigenvalue weighted by Gasteiger charge is 2.44. The quantitative estimate of drug-likeness (QED) is 0.630. The second kappa shape index (κ2) is 5.54. The molecule has 0 N–H and O–H groups in total. The van der Waals surface area contributed by atoms with E-state index >= 15 is 0 Å². The van der Waals surface area contributed by atoms with Crippen LogP contribution in [0.1, 0.15) is 34.0 Å². The molecule has 0 bridgehead atoms. The molecule has 1 atom stereocenters. The summed E-state index contributed by atoms with van der Waals surface area (Å²) in [5, 5.41) is 0. The van der Waals surface area contributed by atoms with Gasteiger partial charge in [0.15, 0.2) is 0 Å². The average Bonchev–Trinajstić information content (AvgIpc) is 2.46. The van der Waals surface area contributed by atoms with E-state index in [4.69, 9.17) is 9.47 Å². The van der Waals surface area contributed by atoms with Crippen LogP contribution < -0.4 is 4.74 Å². The maximum absolute atomic E-state index is 12.6. The van der Waals surface area contributed by atoms with E-state index < -0.39 is 17.5 Å². The average molecular weight is 310 g/mol. The number of ether oxygens (including phenoxy) is 2. The molecule has 0 amide bonds. The third-order valence-electron chi connectivity index (χ3n) is 3.92. The molecule has 0 fully saturated rings. The number of carbonyl (C=O) groups excluding carboxylic acids is 2. The van der Waals surface area contributed by atoms with Gasteiger partial charge in [-0.3, -0.25) is 0 Å². The highest BCUT2D eigenvalue weighted by molar-refractivity contribution is 5.96. The summed E-state index contributed by atoms with van der Waals surface area (Å²) in [6.07, 6.45) is 0.304. The highest BCUT2D eigenvalue weighted by atomic mass is 16.6. The van der Waals surface area contributed by atoms with E-state index in [9.17, 15) is 9.59 Å². The lowest BCUT2D eigenvalue weighted by Gasteiger charge is -2.32. The zero-order valence-corrected chi connectivity index (χ0v) is 13.4. The largest absolute Gasteiger partial charge is 0.443 e. The third kappa shape index (κ3) is 2.97. The van der Waals surface area contributed by atoms with Crippen molar-refractivity contribution in [3.8, 4) is 5.75 Å². The van der Waals surface area contributed by atoms with Gasteiger partial charge in [0.1, 0.15) is 5.75 Å². The molecular formula is C19H18O4. The number of esters is 2. The maximum Gasteiger partial charge on any atom is 0.356 e. The Hall–Kier alpha value is -2.62. The van der Waals surface area contributed by atoms with Crippen molar-refractivity contribution in [2.45, 2.75) is 32.8 Å². The summed E-state index contributed by atoms with van der Waals surface area (Å²) in [6.45, 7) is 5.46. The lowest BCUT2D eigenvalue weighted by atomic mass is 9.90. The Morgan fingerprint density at radius 2 is 1.78 bits per heavy atom. The van der Waals surface area contributed by atoms with Gasteiger partial charge in [0.25, 0.3) is 0 Å². The van der Waals surface area contributed by atoms with Gasteiger partial charge in [-0.15, -0.1) is 0 Å². The monoisotopic (exact) mass is 310 g/mol. The number of cyclic esters (lactones) is 1. The van der Waals surface area contributed by atoms with Gasteiger partial charge in [-0.05, 0) is 55.7 Å². The summed E-state index contributed by atoms with van der Waals surface area (Å²) in [5.41, 5.74) is 1.99. The van der Waals surface area contributed by atoms with Crippen molar-refractivity contribution in [2.75, 3.05) is 0 Å². The topological polar surface area (TPSA) is 52.6 Å². The SMILES string of the molecule is Cc1cc(C)cc(OC(=O)C2(C)Cc3ccccc3C(=O)O2)c1. The summed E-state index contributed by atoms with van der Waals surface area (Å²) in [4.78, 5) is 24.7. The molecule has 4 nitrogen and oxygen atoms in total. The van der Waals surface area contributed by atoms with E-state index in [0.717, 1.165) is 16.7 Å². The molecule has 2 aromatic carbocycles. The van der Waals surface area contributed by atoms with Crippen LogP contribution in [0.2, 0.25) is 0 Å². The number of hydrogen-bond acceptors (Lipinski definition) is 4. The Morgan fingerprint density at radius 1 is 1.13 bits per heavy atom. The van der Waals surface area contributed by atoms with Crippen molar-refractivity contribution in [3.63, 3.8) is 0 Å². The first-order valence-electron chi connectivity index (χ1n) is 7.49. The summed E-state index contributed by atoms with van der Waals surface area (Å²) in [7, 11) is 0. The van der Waals surface area contributed by atoms with Crippen molar-refractivity contribution in [1.82, 2.24) is 0 Å². The number of benzene rings is 2. The molecule has 4 heteroatoms. The van der Waals surface area contributed by atoms with Crippen LogP contribution in [-0.2, 0) is 16.0 Å². The molecule has 0 saturated heterocycles. The lowest BCUT2D eigenvalue weighted by molar-refractivity contribution is -0.155. The molecule has 0 spiro atoms. The fraction of sp³-hybridized carbons (Fsp3) is 0.263.